The number of ether oxygens (including phenoxy) is 3. The molecule has 3 aromatic rings. The summed E-state index contributed by atoms with van der Waals surface area (Å²) in [6, 6.07) is 12.4. The number of fused-ring (bicyclic) bond motifs is 1. The number of hydrogen-bond donors (Lipinski definition) is 2. The highest BCUT2D eigenvalue weighted by Gasteiger charge is 2.28. The van der Waals surface area contributed by atoms with E-state index < -0.39 is 6.10 Å². The van der Waals surface area contributed by atoms with Crippen LogP contribution in [0.2, 0.25) is 0 Å². The van der Waals surface area contributed by atoms with Gasteiger partial charge in [0.05, 0.1) is 12.3 Å². The first-order valence-electron chi connectivity index (χ1n) is 10.8. The third kappa shape index (κ3) is 5.35. The zero-order valence-corrected chi connectivity index (χ0v) is 18.2. The highest BCUT2D eigenvalue weighted by molar-refractivity contribution is 6.05. The van der Waals surface area contributed by atoms with Crippen molar-refractivity contribution in [3.63, 3.8) is 0 Å². The van der Waals surface area contributed by atoms with Gasteiger partial charge in [0.1, 0.15) is 12.4 Å². The number of H-pyrrole nitrogens is 1. The lowest BCUT2D eigenvalue weighted by Crippen LogP contribution is -2.24. The number of carbonyl (C=O) groups excluding carboxylic acids is 1. The number of benzene rings is 2. The second-order valence-corrected chi connectivity index (χ2v) is 8.04. The molecule has 0 saturated heterocycles. The first-order chi connectivity index (χ1) is 15.6. The van der Waals surface area contributed by atoms with E-state index in [1.54, 1.807) is 30.3 Å². The van der Waals surface area contributed by atoms with Crippen LogP contribution >= 0.6 is 0 Å². The lowest BCUT2D eigenvalue weighted by Gasteiger charge is -2.26. The maximum Gasteiger partial charge on any atom is 0.255 e. The number of rotatable bonds is 9. The lowest BCUT2D eigenvalue weighted by molar-refractivity contribution is 0.0856. The summed E-state index contributed by atoms with van der Waals surface area (Å²) in [4.78, 5) is 12.8. The van der Waals surface area contributed by atoms with Gasteiger partial charge < -0.3 is 19.5 Å². The zero-order chi connectivity index (χ0) is 22.3. The van der Waals surface area contributed by atoms with Crippen molar-refractivity contribution in [2.75, 3.05) is 18.5 Å². The van der Waals surface area contributed by atoms with Gasteiger partial charge in [-0.3, -0.25) is 4.79 Å². The average Bonchev–Trinajstić information content (AvgIpc) is 3.34. The molecule has 1 aromatic heterocycles. The van der Waals surface area contributed by atoms with Crippen LogP contribution in [0.5, 0.6) is 17.2 Å². The molecule has 0 bridgehead atoms. The van der Waals surface area contributed by atoms with Crippen molar-refractivity contribution in [2.24, 2.45) is 5.92 Å². The second-order valence-electron chi connectivity index (χ2n) is 8.04. The van der Waals surface area contributed by atoms with Crippen LogP contribution in [-0.2, 0) is 0 Å². The normalized spacial score (nSPS) is 14.9. The Morgan fingerprint density at radius 3 is 2.81 bits per heavy atom. The summed E-state index contributed by atoms with van der Waals surface area (Å²) in [6.07, 6.45) is 2.86. The SMILES string of the molecule is CC(C)CCCCOc1ccc(C(=O)Nc2cccc3c2OC(c2nn[nH]n2)CO3)cc1. The number of hydrogen-bond acceptors (Lipinski definition) is 7. The van der Waals surface area contributed by atoms with Crippen LogP contribution in [0.15, 0.2) is 42.5 Å². The topological polar surface area (TPSA) is 111 Å². The molecule has 1 aliphatic rings. The Hall–Kier alpha value is -3.62. The molecule has 0 fully saturated rings. The van der Waals surface area contributed by atoms with Gasteiger partial charge in [-0.1, -0.05) is 31.5 Å². The summed E-state index contributed by atoms with van der Waals surface area (Å²) in [5, 5.41) is 16.7. The number of para-hydroxylation sites is 1. The van der Waals surface area contributed by atoms with E-state index >= 15 is 0 Å². The van der Waals surface area contributed by atoms with E-state index in [-0.39, 0.29) is 12.5 Å². The Labute approximate surface area is 186 Å². The van der Waals surface area contributed by atoms with E-state index in [0.717, 1.165) is 18.6 Å². The van der Waals surface area contributed by atoms with Gasteiger partial charge >= 0.3 is 0 Å². The molecule has 9 nitrogen and oxygen atoms in total. The molecule has 2 heterocycles. The van der Waals surface area contributed by atoms with Crippen molar-refractivity contribution < 1.29 is 19.0 Å². The molecule has 1 amide bonds. The van der Waals surface area contributed by atoms with Crippen LogP contribution in [0.3, 0.4) is 0 Å². The quantitative estimate of drug-likeness (QED) is 0.483. The minimum absolute atomic E-state index is 0.253. The molecule has 0 aliphatic carbocycles. The van der Waals surface area contributed by atoms with Gasteiger partial charge in [-0.25, -0.2) is 0 Å². The van der Waals surface area contributed by atoms with Gasteiger partial charge in [-0.2, -0.15) is 5.21 Å². The van der Waals surface area contributed by atoms with Gasteiger partial charge in [0.25, 0.3) is 5.91 Å². The summed E-state index contributed by atoms with van der Waals surface area (Å²) >= 11 is 0. The number of nitrogens with one attached hydrogen (secondary N) is 2. The van der Waals surface area contributed by atoms with E-state index in [1.165, 1.54) is 6.42 Å². The van der Waals surface area contributed by atoms with Crippen LogP contribution in [0.4, 0.5) is 5.69 Å². The van der Waals surface area contributed by atoms with E-state index in [0.29, 0.717) is 41.1 Å². The monoisotopic (exact) mass is 437 g/mol. The maximum atomic E-state index is 12.8. The van der Waals surface area contributed by atoms with Crippen molar-refractivity contribution in [1.29, 1.82) is 0 Å². The van der Waals surface area contributed by atoms with Gasteiger partial charge in [0, 0.05) is 5.56 Å². The van der Waals surface area contributed by atoms with Gasteiger partial charge in [0.2, 0.25) is 5.82 Å². The Balaban J connectivity index is 1.36. The first-order valence-corrected chi connectivity index (χ1v) is 10.8. The predicted molar refractivity (Wildman–Crippen MR) is 118 cm³/mol. The van der Waals surface area contributed by atoms with Crippen LogP contribution < -0.4 is 19.5 Å². The number of anilines is 1. The summed E-state index contributed by atoms with van der Waals surface area (Å²) in [7, 11) is 0. The van der Waals surface area contributed by atoms with E-state index in [1.807, 2.05) is 12.1 Å². The number of unbranched alkanes of at least 4 members (excludes halogenated alkanes) is 1. The molecule has 1 unspecified atom stereocenters. The lowest BCUT2D eigenvalue weighted by atomic mass is 10.1. The minimum atomic E-state index is -0.517. The number of aromatic nitrogens is 4. The smallest absolute Gasteiger partial charge is 0.255 e. The molecule has 0 saturated carbocycles. The number of nitrogens with zero attached hydrogens (tertiary/aromatic N) is 3. The summed E-state index contributed by atoms with van der Waals surface area (Å²) in [6.45, 7) is 5.37. The van der Waals surface area contributed by atoms with Crippen LogP contribution in [0, 0.1) is 5.92 Å². The molecule has 168 valence electrons. The van der Waals surface area contributed by atoms with Crippen molar-refractivity contribution in [3.05, 3.63) is 53.9 Å². The zero-order valence-electron chi connectivity index (χ0n) is 18.2. The van der Waals surface area contributed by atoms with Crippen LogP contribution in [0.1, 0.15) is 55.4 Å². The van der Waals surface area contributed by atoms with Crippen molar-refractivity contribution in [3.8, 4) is 17.2 Å². The van der Waals surface area contributed by atoms with Crippen molar-refractivity contribution in [1.82, 2.24) is 20.6 Å². The molecule has 2 N–H and O–H groups in total. The second kappa shape index (κ2) is 10.1. The fourth-order valence-corrected chi connectivity index (χ4v) is 3.37. The van der Waals surface area contributed by atoms with E-state index in [4.69, 9.17) is 14.2 Å². The Morgan fingerprint density at radius 1 is 1.22 bits per heavy atom. The van der Waals surface area contributed by atoms with Gasteiger partial charge in [-0.15, -0.1) is 10.2 Å². The number of amides is 1. The number of tetrazole rings is 1. The average molecular weight is 438 g/mol. The molecule has 1 atom stereocenters. The minimum Gasteiger partial charge on any atom is -0.494 e. The fraction of sp³-hybridized carbons (Fsp3) is 0.391. The molecular formula is C23H27N5O4. The number of carbonyl (C=O) groups is 1. The van der Waals surface area contributed by atoms with Gasteiger partial charge in [0.15, 0.2) is 17.6 Å². The molecule has 0 radical (unpaired) electrons. The molecule has 0 spiro atoms. The van der Waals surface area contributed by atoms with E-state index in [9.17, 15) is 4.79 Å². The fourth-order valence-electron chi connectivity index (χ4n) is 3.37. The molecule has 4 rings (SSSR count). The third-order valence-electron chi connectivity index (χ3n) is 5.09. The molecule has 9 heteroatoms. The predicted octanol–water partition coefficient (Wildman–Crippen LogP) is 4.17. The standard InChI is InChI=1S/C23H27N5O4/c1-15(2)6-3-4-13-30-17-11-9-16(10-12-17)23(29)24-18-7-5-8-19-21(18)32-20(14-31-19)22-25-27-28-26-22/h5,7-12,15,20H,3-4,6,13-14H2,1-2H3,(H,24,29)(H,25,26,27,28). The van der Waals surface area contributed by atoms with Crippen molar-refractivity contribution >= 4 is 11.6 Å². The Morgan fingerprint density at radius 2 is 2.06 bits per heavy atom. The van der Waals surface area contributed by atoms with Crippen molar-refractivity contribution in [2.45, 2.75) is 39.2 Å². The first kappa shape index (κ1) is 21.6. The Kier molecular flexibility index (Phi) is 6.84. The molecular weight excluding hydrogens is 410 g/mol. The molecule has 32 heavy (non-hydrogen) atoms. The highest BCUT2D eigenvalue weighted by atomic mass is 16.6. The summed E-state index contributed by atoms with van der Waals surface area (Å²) in [5.41, 5.74) is 1.02. The largest absolute Gasteiger partial charge is 0.494 e. The van der Waals surface area contributed by atoms with Gasteiger partial charge in [-0.05, 0) is 55.2 Å². The Bertz CT molecular complexity index is 1020. The van der Waals surface area contributed by atoms with E-state index in [2.05, 4.69) is 39.8 Å². The summed E-state index contributed by atoms with van der Waals surface area (Å²) < 4.78 is 17.5. The molecule has 2 aromatic carbocycles. The highest BCUT2D eigenvalue weighted by Crippen LogP contribution is 2.41. The van der Waals surface area contributed by atoms with Crippen LogP contribution in [-0.4, -0.2) is 39.7 Å². The van der Waals surface area contributed by atoms with Crippen LogP contribution in [0.25, 0.3) is 0 Å². The third-order valence-corrected chi connectivity index (χ3v) is 5.09. The maximum absolute atomic E-state index is 12.8. The molecule has 1 aliphatic heterocycles. The summed E-state index contributed by atoms with van der Waals surface area (Å²) in [5.74, 6) is 2.57. The number of aromatic amines is 1.